The second kappa shape index (κ2) is 4.59. The van der Waals surface area contributed by atoms with Gasteiger partial charge in [0.2, 0.25) is 0 Å². The molecule has 0 spiro atoms. The van der Waals surface area contributed by atoms with Gasteiger partial charge in [0, 0.05) is 5.69 Å². The van der Waals surface area contributed by atoms with Crippen LogP contribution in [-0.4, -0.2) is 33.4 Å². The molecule has 1 heterocycles. The minimum atomic E-state index is -1.00. The normalized spacial score (nSPS) is 10.0. The van der Waals surface area contributed by atoms with Gasteiger partial charge in [0.15, 0.2) is 5.69 Å². The van der Waals surface area contributed by atoms with E-state index >= 15 is 0 Å². The standard InChI is InChI=1S/C9H12N2O4/c1-3-15-9(14)7-4-6(2)11(10-7)5-8(12)13/h4H,3,5H2,1-2H3,(H,12,13). The van der Waals surface area contributed by atoms with Crippen molar-refractivity contribution in [2.24, 2.45) is 0 Å². The summed E-state index contributed by atoms with van der Waals surface area (Å²) in [6, 6.07) is 1.50. The first-order valence-electron chi connectivity index (χ1n) is 4.48. The molecule has 82 valence electrons. The van der Waals surface area contributed by atoms with Crippen LogP contribution in [0.25, 0.3) is 0 Å². The molecule has 15 heavy (non-hydrogen) atoms. The highest BCUT2D eigenvalue weighted by Gasteiger charge is 2.14. The molecule has 0 aromatic carbocycles. The van der Waals surface area contributed by atoms with Gasteiger partial charge in [-0.2, -0.15) is 5.10 Å². The number of aromatic nitrogens is 2. The van der Waals surface area contributed by atoms with E-state index in [1.165, 1.54) is 10.7 Å². The highest BCUT2D eigenvalue weighted by molar-refractivity contribution is 5.87. The number of carbonyl (C=O) groups excluding carboxylic acids is 1. The van der Waals surface area contributed by atoms with E-state index in [0.29, 0.717) is 5.69 Å². The lowest BCUT2D eigenvalue weighted by molar-refractivity contribution is -0.137. The molecule has 0 bridgehead atoms. The number of nitrogens with zero attached hydrogens (tertiary/aromatic N) is 2. The average molecular weight is 212 g/mol. The summed E-state index contributed by atoms with van der Waals surface area (Å²) >= 11 is 0. The maximum absolute atomic E-state index is 11.3. The van der Waals surface area contributed by atoms with Crippen LogP contribution in [0.2, 0.25) is 0 Å². The Kier molecular flexibility index (Phi) is 3.43. The second-order valence-corrected chi connectivity index (χ2v) is 2.94. The van der Waals surface area contributed by atoms with Gasteiger partial charge in [-0.1, -0.05) is 0 Å². The molecule has 0 unspecified atom stereocenters. The van der Waals surface area contributed by atoms with E-state index < -0.39 is 11.9 Å². The van der Waals surface area contributed by atoms with Crippen LogP contribution >= 0.6 is 0 Å². The van der Waals surface area contributed by atoms with Crippen molar-refractivity contribution in [2.45, 2.75) is 20.4 Å². The van der Waals surface area contributed by atoms with E-state index in [9.17, 15) is 9.59 Å². The predicted octanol–water partition coefficient (Wildman–Crippen LogP) is 0.453. The van der Waals surface area contributed by atoms with Gasteiger partial charge >= 0.3 is 11.9 Å². The quantitative estimate of drug-likeness (QED) is 0.733. The largest absolute Gasteiger partial charge is 0.480 e. The number of carboxylic acid groups (broad SMARTS) is 1. The Labute approximate surface area is 86.5 Å². The summed E-state index contributed by atoms with van der Waals surface area (Å²) in [6.45, 7) is 3.38. The van der Waals surface area contributed by atoms with E-state index in [0.717, 1.165) is 0 Å². The molecule has 1 rings (SSSR count). The minimum absolute atomic E-state index is 0.135. The zero-order chi connectivity index (χ0) is 11.4. The number of esters is 1. The van der Waals surface area contributed by atoms with Gasteiger partial charge in [0.1, 0.15) is 6.54 Å². The first-order chi connectivity index (χ1) is 7.04. The van der Waals surface area contributed by atoms with Crippen molar-refractivity contribution >= 4 is 11.9 Å². The van der Waals surface area contributed by atoms with Crippen molar-refractivity contribution in [2.75, 3.05) is 6.61 Å². The fourth-order valence-corrected chi connectivity index (χ4v) is 1.10. The topological polar surface area (TPSA) is 81.4 Å². The average Bonchev–Trinajstić information content (AvgIpc) is 2.47. The van der Waals surface area contributed by atoms with Gasteiger partial charge in [-0.25, -0.2) is 4.79 Å². The highest BCUT2D eigenvalue weighted by Crippen LogP contribution is 2.04. The summed E-state index contributed by atoms with van der Waals surface area (Å²) in [6.07, 6.45) is 0. The summed E-state index contributed by atoms with van der Waals surface area (Å²) in [7, 11) is 0. The fourth-order valence-electron chi connectivity index (χ4n) is 1.10. The Balaban J connectivity index is 2.85. The summed E-state index contributed by atoms with van der Waals surface area (Å²) < 4.78 is 5.98. The molecule has 6 nitrogen and oxygen atoms in total. The molecule has 1 aromatic heterocycles. The third-order valence-corrected chi connectivity index (χ3v) is 1.75. The molecule has 1 N–H and O–H groups in total. The molecular weight excluding hydrogens is 200 g/mol. The summed E-state index contributed by atoms with van der Waals surface area (Å²) in [5, 5.41) is 12.4. The maximum Gasteiger partial charge on any atom is 0.358 e. The molecule has 0 saturated carbocycles. The Morgan fingerprint density at radius 2 is 2.27 bits per heavy atom. The number of aliphatic carboxylic acids is 1. The molecule has 1 aromatic rings. The van der Waals surface area contributed by atoms with Crippen LogP contribution in [-0.2, 0) is 16.1 Å². The van der Waals surface area contributed by atoms with Crippen LogP contribution in [0.5, 0.6) is 0 Å². The third kappa shape index (κ3) is 2.80. The minimum Gasteiger partial charge on any atom is -0.480 e. The number of hydrogen-bond acceptors (Lipinski definition) is 4. The molecule has 0 aliphatic heterocycles. The summed E-state index contributed by atoms with van der Waals surface area (Å²) in [5.41, 5.74) is 0.746. The van der Waals surface area contributed by atoms with E-state index in [1.807, 2.05) is 0 Å². The van der Waals surface area contributed by atoms with Crippen LogP contribution < -0.4 is 0 Å². The maximum atomic E-state index is 11.3. The number of carboxylic acids is 1. The Bertz CT molecular complexity index is 383. The smallest absolute Gasteiger partial charge is 0.358 e. The summed E-state index contributed by atoms with van der Waals surface area (Å²) in [4.78, 5) is 21.7. The van der Waals surface area contributed by atoms with Gasteiger partial charge in [-0.3, -0.25) is 9.48 Å². The van der Waals surface area contributed by atoms with Crippen LogP contribution in [0.3, 0.4) is 0 Å². The molecule has 0 atom stereocenters. The molecular formula is C9H12N2O4. The number of aryl methyl sites for hydroxylation is 1. The zero-order valence-corrected chi connectivity index (χ0v) is 8.56. The lowest BCUT2D eigenvalue weighted by atomic mass is 10.4. The Morgan fingerprint density at radius 3 is 2.80 bits per heavy atom. The lowest BCUT2D eigenvalue weighted by Crippen LogP contribution is -2.13. The van der Waals surface area contributed by atoms with E-state index in [-0.39, 0.29) is 18.8 Å². The van der Waals surface area contributed by atoms with Gasteiger partial charge in [-0.05, 0) is 19.9 Å². The van der Waals surface area contributed by atoms with E-state index in [4.69, 9.17) is 9.84 Å². The molecule has 0 radical (unpaired) electrons. The number of carbonyl (C=O) groups is 2. The van der Waals surface area contributed by atoms with Crippen molar-refractivity contribution in [3.8, 4) is 0 Å². The van der Waals surface area contributed by atoms with E-state index in [2.05, 4.69) is 5.10 Å². The molecule has 0 amide bonds. The van der Waals surface area contributed by atoms with Crippen molar-refractivity contribution in [3.63, 3.8) is 0 Å². The monoisotopic (exact) mass is 212 g/mol. The summed E-state index contributed by atoms with van der Waals surface area (Å²) in [5.74, 6) is -1.54. The van der Waals surface area contributed by atoms with Crippen LogP contribution in [0.15, 0.2) is 6.07 Å². The predicted molar refractivity (Wildman–Crippen MR) is 50.6 cm³/mol. The first-order valence-corrected chi connectivity index (χ1v) is 4.48. The Hall–Kier alpha value is -1.85. The van der Waals surface area contributed by atoms with Crippen molar-refractivity contribution in [3.05, 3.63) is 17.5 Å². The van der Waals surface area contributed by atoms with E-state index in [1.54, 1.807) is 13.8 Å². The molecule has 6 heteroatoms. The number of ether oxygens (including phenoxy) is 1. The van der Waals surface area contributed by atoms with Gasteiger partial charge < -0.3 is 9.84 Å². The first kappa shape index (κ1) is 11.2. The molecule has 0 aliphatic carbocycles. The van der Waals surface area contributed by atoms with Gasteiger partial charge in [0.25, 0.3) is 0 Å². The van der Waals surface area contributed by atoms with Gasteiger partial charge in [-0.15, -0.1) is 0 Å². The third-order valence-electron chi connectivity index (χ3n) is 1.75. The fraction of sp³-hybridized carbons (Fsp3) is 0.444. The molecule has 0 aliphatic rings. The van der Waals surface area contributed by atoms with Crippen molar-refractivity contribution < 1.29 is 19.4 Å². The van der Waals surface area contributed by atoms with Gasteiger partial charge in [0.05, 0.1) is 6.61 Å². The zero-order valence-electron chi connectivity index (χ0n) is 8.56. The second-order valence-electron chi connectivity index (χ2n) is 2.94. The van der Waals surface area contributed by atoms with Crippen LogP contribution in [0, 0.1) is 6.92 Å². The number of hydrogen-bond donors (Lipinski definition) is 1. The van der Waals surface area contributed by atoms with Crippen molar-refractivity contribution in [1.29, 1.82) is 0 Å². The molecule has 0 fully saturated rings. The SMILES string of the molecule is CCOC(=O)c1cc(C)n(CC(=O)O)n1. The number of rotatable bonds is 4. The van der Waals surface area contributed by atoms with Crippen molar-refractivity contribution in [1.82, 2.24) is 9.78 Å². The molecule has 0 saturated heterocycles. The highest BCUT2D eigenvalue weighted by atomic mass is 16.5. The lowest BCUT2D eigenvalue weighted by Gasteiger charge is -1.98. The van der Waals surface area contributed by atoms with Crippen LogP contribution in [0.1, 0.15) is 23.1 Å². The Morgan fingerprint density at radius 1 is 1.60 bits per heavy atom. The van der Waals surface area contributed by atoms with Crippen LogP contribution in [0.4, 0.5) is 0 Å².